The molecule has 0 aromatic heterocycles. The van der Waals surface area contributed by atoms with Crippen molar-refractivity contribution in [2.75, 3.05) is 35.2 Å². The number of fused-ring (bicyclic) bond motifs is 4. The number of benzene rings is 3. The molecule has 0 radical (unpaired) electrons. The fourth-order valence-corrected chi connectivity index (χ4v) is 5.05. The van der Waals surface area contributed by atoms with Gasteiger partial charge in [0.05, 0.1) is 40.4 Å². The Balaban J connectivity index is 1.45. The molecule has 0 amide bonds. The highest BCUT2D eigenvalue weighted by atomic mass is 16.7. The van der Waals surface area contributed by atoms with Crippen molar-refractivity contribution < 1.29 is 47.5 Å². The second-order valence-corrected chi connectivity index (χ2v) is 8.93. The van der Waals surface area contributed by atoms with Crippen LogP contribution in [0.1, 0.15) is 39.4 Å². The number of carbonyl (C=O) groups is 2. The second kappa shape index (κ2) is 9.46. The van der Waals surface area contributed by atoms with Crippen LogP contribution in [0.5, 0.6) is 46.0 Å². The van der Waals surface area contributed by atoms with Crippen LogP contribution in [0.2, 0.25) is 0 Å². The Kier molecular flexibility index (Phi) is 5.94. The highest BCUT2D eigenvalue weighted by Gasteiger charge is 2.39. The molecule has 0 spiro atoms. The lowest BCUT2D eigenvalue weighted by atomic mass is 9.84. The quantitative estimate of drug-likeness (QED) is 0.256. The van der Waals surface area contributed by atoms with Gasteiger partial charge < -0.3 is 37.9 Å². The average Bonchev–Trinajstić information content (AvgIpc) is 3.55. The zero-order valence-electron chi connectivity index (χ0n) is 21.6. The Bertz CT molecular complexity index is 1550. The summed E-state index contributed by atoms with van der Waals surface area (Å²) in [6, 6.07) is 10.2. The second-order valence-electron chi connectivity index (χ2n) is 8.93. The Hall–Kier alpha value is -4.86. The van der Waals surface area contributed by atoms with E-state index in [0.717, 1.165) is 5.56 Å². The lowest BCUT2D eigenvalue weighted by Crippen LogP contribution is -2.21. The molecule has 3 aliphatic rings. The molecule has 3 aromatic rings. The summed E-state index contributed by atoms with van der Waals surface area (Å²) in [4.78, 5) is 26.1. The molecule has 3 heterocycles. The average molecular weight is 533 g/mol. The van der Waals surface area contributed by atoms with Gasteiger partial charge >= 0.3 is 5.97 Å². The van der Waals surface area contributed by atoms with Gasteiger partial charge in [-0.25, -0.2) is 0 Å². The number of ether oxygens (including phenoxy) is 8. The third-order valence-electron chi connectivity index (χ3n) is 6.89. The van der Waals surface area contributed by atoms with Crippen LogP contribution in [0.3, 0.4) is 0 Å². The van der Waals surface area contributed by atoms with Crippen molar-refractivity contribution in [2.24, 2.45) is 0 Å². The SMILES string of the molecule is COc1cc(OC)c(OC)cc1/C=C1\Oc2c(ccc3c2C(c2cc(OC)c4c(c2)OCO4)CC(=O)O3)C1=O. The normalized spacial score (nSPS) is 17.7. The third kappa shape index (κ3) is 3.96. The zero-order valence-corrected chi connectivity index (χ0v) is 21.6. The van der Waals surface area contributed by atoms with E-state index in [2.05, 4.69) is 0 Å². The molecule has 200 valence electrons. The predicted molar refractivity (Wildman–Crippen MR) is 137 cm³/mol. The molecular weight excluding hydrogens is 508 g/mol. The first-order valence-corrected chi connectivity index (χ1v) is 12.0. The minimum Gasteiger partial charge on any atom is -0.496 e. The lowest BCUT2D eigenvalue weighted by molar-refractivity contribution is -0.135. The highest BCUT2D eigenvalue weighted by Crippen LogP contribution is 2.52. The van der Waals surface area contributed by atoms with Crippen LogP contribution < -0.4 is 37.9 Å². The molecule has 39 heavy (non-hydrogen) atoms. The molecule has 0 saturated heterocycles. The number of esters is 1. The number of Topliss-reactive ketones (excluding diaryl/α,β-unsaturated/α-hetero) is 1. The summed E-state index contributed by atoms with van der Waals surface area (Å²) in [6.07, 6.45) is 1.62. The smallest absolute Gasteiger partial charge is 0.312 e. The monoisotopic (exact) mass is 532 g/mol. The van der Waals surface area contributed by atoms with Gasteiger partial charge in [-0.1, -0.05) is 0 Å². The number of allylic oxidation sites excluding steroid dienone is 1. The first kappa shape index (κ1) is 24.5. The van der Waals surface area contributed by atoms with Gasteiger partial charge in [0.2, 0.25) is 18.3 Å². The molecule has 1 unspecified atom stereocenters. The predicted octanol–water partition coefficient (Wildman–Crippen LogP) is 4.51. The summed E-state index contributed by atoms with van der Waals surface area (Å²) in [5.41, 5.74) is 2.24. The number of rotatable bonds is 6. The van der Waals surface area contributed by atoms with Crippen molar-refractivity contribution >= 4 is 17.8 Å². The Morgan fingerprint density at radius 2 is 1.51 bits per heavy atom. The number of methoxy groups -OCH3 is 4. The Morgan fingerprint density at radius 3 is 2.26 bits per heavy atom. The van der Waals surface area contributed by atoms with Crippen LogP contribution in [-0.2, 0) is 4.79 Å². The van der Waals surface area contributed by atoms with Gasteiger partial charge in [-0.15, -0.1) is 0 Å². The van der Waals surface area contributed by atoms with Crippen molar-refractivity contribution in [1.29, 1.82) is 0 Å². The molecule has 10 nitrogen and oxygen atoms in total. The molecular formula is C29H24O10. The van der Waals surface area contributed by atoms with Crippen molar-refractivity contribution in [1.82, 2.24) is 0 Å². The maximum atomic E-state index is 13.5. The van der Waals surface area contributed by atoms with Crippen LogP contribution in [0.25, 0.3) is 6.08 Å². The summed E-state index contributed by atoms with van der Waals surface area (Å²) in [5, 5.41) is 0. The van der Waals surface area contributed by atoms with Gasteiger partial charge in [-0.05, 0) is 42.0 Å². The summed E-state index contributed by atoms with van der Waals surface area (Å²) < 4.78 is 44.6. The molecule has 6 rings (SSSR count). The number of ketones is 1. The van der Waals surface area contributed by atoms with E-state index in [0.29, 0.717) is 62.7 Å². The summed E-state index contributed by atoms with van der Waals surface area (Å²) in [5.74, 6) is 2.44. The van der Waals surface area contributed by atoms with Gasteiger partial charge in [0.25, 0.3) is 0 Å². The van der Waals surface area contributed by atoms with Crippen LogP contribution in [-0.4, -0.2) is 47.0 Å². The number of hydrogen-bond acceptors (Lipinski definition) is 10. The minimum atomic E-state index is -0.484. The van der Waals surface area contributed by atoms with Crippen LogP contribution >= 0.6 is 0 Å². The highest BCUT2D eigenvalue weighted by molar-refractivity contribution is 6.15. The van der Waals surface area contributed by atoms with Gasteiger partial charge in [0.1, 0.15) is 17.2 Å². The maximum absolute atomic E-state index is 13.5. The Labute approximate surface area is 223 Å². The van der Waals surface area contributed by atoms with E-state index in [1.807, 2.05) is 0 Å². The van der Waals surface area contributed by atoms with E-state index in [1.165, 1.54) is 28.4 Å². The minimum absolute atomic E-state index is 0.0341. The molecule has 10 heteroatoms. The fraction of sp³-hybridized carbons (Fsp3) is 0.241. The molecule has 0 aliphatic carbocycles. The molecule has 0 saturated carbocycles. The number of hydrogen-bond donors (Lipinski definition) is 0. The van der Waals surface area contributed by atoms with E-state index >= 15 is 0 Å². The summed E-state index contributed by atoms with van der Waals surface area (Å²) >= 11 is 0. The molecule has 3 aliphatic heterocycles. The van der Waals surface area contributed by atoms with E-state index in [1.54, 1.807) is 42.5 Å². The van der Waals surface area contributed by atoms with E-state index in [4.69, 9.17) is 37.9 Å². The molecule has 0 N–H and O–H groups in total. The topological polar surface area (TPSA) is 108 Å². The van der Waals surface area contributed by atoms with Crippen molar-refractivity contribution in [3.05, 3.63) is 64.4 Å². The maximum Gasteiger partial charge on any atom is 0.312 e. The number of carbonyl (C=O) groups excluding carboxylic acids is 2. The van der Waals surface area contributed by atoms with Crippen LogP contribution in [0.4, 0.5) is 0 Å². The fourth-order valence-electron chi connectivity index (χ4n) is 5.05. The Morgan fingerprint density at radius 1 is 0.769 bits per heavy atom. The first-order valence-electron chi connectivity index (χ1n) is 12.0. The standard InChI is InChI=1S/C29H24O10/c1-32-19-12-21(34-3)20(33-2)9-15(19)10-22-27(31)16-5-6-18-26(28(16)39-22)17(11-25(30)38-18)14-7-23(35-4)29-24(8-14)36-13-37-29/h5-10,12,17H,11,13H2,1-4H3/b22-10-. The van der Waals surface area contributed by atoms with Crippen molar-refractivity contribution in [3.63, 3.8) is 0 Å². The molecule has 0 bridgehead atoms. The third-order valence-corrected chi connectivity index (χ3v) is 6.89. The molecule has 0 fully saturated rings. The summed E-state index contributed by atoms with van der Waals surface area (Å²) in [6.45, 7) is 0.0687. The summed E-state index contributed by atoms with van der Waals surface area (Å²) in [7, 11) is 6.10. The molecule has 3 aromatic carbocycles. The van der Waals surface area contributed by atoms with E-state index in [9.17, 15) is 9.59 Å². The molecule has 1 atom stereocenters. The van der Waals surface area contributed by atoms with Crippen molar-refractivity contribution in [2.45, 2.75) is 12.3 Å². The van der Waals surface area contributed by atoms with Gasteiger partial charge in [-0.3, -0.25) is 9.59 Å². The largest absolute Gasteiger partial charge is 0.496 e. The zero-order chi connectivity index (χ0) is 27.3. The van der Waals surface area contributed by atoms with Crippen molar-refractivity contribution in [3.8, 4) is 46.0 Å². The van der Waals surface area contributed by atoms with Gasteiger partial charge in [0, 0.05) is 23.1 Å². The van der Waals surface area contributed by atoms with Crippen LogP contribution in [0, 0.1) is 0 Å². The van der Waals surface area contributed by atoms with E-state index < -0.39 is 11.9 Å². The van der Waals surface area contributed by atoms with Gasteiger partial charge in [0.15, 0.2) is 28.8 Å². The van der Waals surface area contributed by atoms with Crippen LogP contribution in [0.15, 0.2) is 42.2 Å². The van der Waals surface area contributed by atoms with E-state index in [-0.39, 0.29) is 24.8 Å². The first-order chi connectivity index (χ1) is 18.9. The lowest BCUT2D eigenvalue weighted by Gasteiger charge is -2.26. The van der Waals surface area contributed by atoms with Gasteiger partial charge in [-0.2, -0.15) is 0 Å².